The van der Waals surface area contributed by atoms with Crippen LogP contribution in [0, 0.1) is 0 Å². The first-order valence-electron chi connectivity index (χ1n) is 7.24. The lowest BCUT2D eigenvalue weighted by Gasteiger charge is -2.25. The molecule has 0 fully saturated rings. The van der Waals surface area contributed by atoms with Crippen molar-refractivity contribution in [2.24, 2.45) is 0 Å². The third-order valence-electron chi connectivity index (χ3n) is 3.53. The van der Waals surface area contributed by atoms with E-state index in [0.717, 1.165) is 24.2 Å². The van der Waals surface area contributed by atoms with Crippen LogP contribution >= 0.6 is 0 Å². The Morgan fingerprint density at radius 3 is 2.55 bits per heavy atom. The highest BCUT2D eigenvalue weighted by molar-refractivity contribution is 5.37. The molecule has 2 aromatic rings. The number of aromatic nitrogens is 2. The maximum absolute atomic E-state index is 10.8. The highest BCUT2D eigenvalue weighted by atomic mass is 16.3. The molecule has 0 saturated heterocycles. The summed E-state index contributed by atoms with van der Waals surface area (Å²) in [5.41, 5.74) is 3.02. The van der Waals surface area contributed by atoms with Crippen molar-refractivity contribution in [2.75, 3.05) is 0 Å². The molecule has 108 valence electrons. The van der Waals surface area contributed by atoms with Gasteiger partial charge in [-0.1, -0.05) is 52.0 Å². The Labute approximate surface area is 121 Å². The molecule has 0 radical (unpaired) electrons. The van der Waals surface area contributed by atoms with Crippen LogP contribution in [0.5, 0.6) is 0 Å². The Balaban J connectivity index is 2.43. The zero-order valence-electron chi connectivity index (χ0n) is 12.8. The quantitative estimate of drug-likeness (QED) is 0.922. The SMILES string of the molecule is CCCn1nccc1C(O)c1ccccc1C(C)(C)C. The predicted molar refractivity (Wildman–Crippen MR) is 81.7 cm³/mol. The number of aryl methyl sites for hydroxylation is 1. The van der Waals surface area contributed by atoms with Crippen LogP contribution in [0.15, 0.2) is 36.5 Å². The average Bonchev–Trinajstić information content (AvgIpc) is 2.85. The monoisotopic (exact) mass is 272 g/mol. The normalized spacial score (nSPS) is 13.4. The smallest absolute Gasteiger partial charge is 0.121 e. The van der Waals surface area contributed by atoms with Crippen molar-refractivity contribution in [3.05, 3.63) is 53.3 Å². The van der Waals surface area contributed by atoms with E-state index in [1.807, 2.05) is 28.9 Å². The molecular formula is C17H24N2O. The Hall–Kier alpha value is -1.61. The Bertz CT molecular complexity index is 566. The minimum atomic E-state index is -0.625. The molecule has 1 N–H and O–H groups in total. The number of aliphatic hydroxyl groups is 1. The standard InChI is InChI=1S/C17H24N2O/c1-5-12-19-15(10-11-18-19)16(20)13-8-6-7-9-14(13)17(2,3)4/h6-11,16,20H,5,12H2,1-4H3. The predicted octanol–water partition coefficient (Wildman–Crippen LogP) is 3.67. The largest absolute Gasteiger partial charge is 0.382 e. The first-order valence-corrected chi connectivity index (χ1v) is 7.24. The van der Waals surface area contributed by atoms with E-state index in [0.29, 0.717) is 0 Å². The number of hydrogen-bond donors (Lipinski definition) is 1. The van der Waals surface area contributed by atoms with Gasteiger partial charge in [0.2, 0.25) is 0 Å². The number of benzene rings is 1. The summed E-state index contributed by atoms with van der Waals surface area (Å²) in [5, 5.41) is 15.1. The first kappa shape index (κ1) is 14.8. The van der Waals surface area contributed by atoms with E-state index in [9.17, 15) is 5.11 Å². The van der Waals surface area contributed by atoms with Crippen molar-refractivity contribution < 1.29 is 5.11 Å². The Morgan fingerprint density at radius 1 is 1.20 bits per heavy atom. The van der Waals surface area contributed by atoms with Crippen molar-refractivity contribution >= 4 is 0 Å². The van der Waals surface area contributed by atoms with Crippen molar-refractivity contribution in [1.29, 1.82) is 0 Å². The molecule has 0 amide bonds. The van der Waals surface area contributed by atoms with Gasteiger partial charge in [0.15, 0.2) is 0 Å². The van der Waals surface area contributed by atoms with E-state index in [1.54, 1.807) is 6.20 Å². The zero-order valence-corrected chi connectivity index (χ0v) is 12.8. The molecule has 0 spiro atoms. The van der Waals surface area contributed by atoms with Crippen LogP contribution in [0.25, 0.3) is 0 Å². The van der Waals surface area contributed by atoms with Crippen molar-refractivity contribution in [2.45, 2.75) is 52.2 Å². The van der Waals surface area contributed by atoms with Gasteiger partial charge in [-0.3, -0.25) is 4.68 Å². The van der Waals surface area contributed by atoms with Gasteiger partial charge in [0.1, 0.15) is 6.10 Å². The molecule has 0 saturated carbocycles. The lowest BCUT2D eigenvalue weighted by molar-refractivity contribution is 0.204. The van der Waals surface area contributed by atoms with Crippen LogP contribution in [-0.2, 0) is 12.0 Å². The third-order valence-corrected chi connectivity index (χ3v) is 3.53. The van der Waals surface area contributed by atoms with E-state index >= 15 is 0 Å². The van der Waals surface area contributed by atoms with E-state index in [1.165, 1.54) is 5.56 Å². The number of nitrogens with zero attached hydrogens (tertiary/aromatic N) is 2. The Kier molecular flexibility index (Phi) is 4.29. The molecule has 1 aromatic carbocycles. The highest BCUT2D eigenvalue weighted by Crippen LogP contribution is 2.32. The van der Waals surface area contributed by atoms with Crippen LogP contribution in [-0.4, -0.2) is 14.9 Å². The molecule has 3 heteroatoms. The second kappa shape index (κ2) is 5.80. The molecule has 1 atom stereocenters. The minimum Gasteiger partial charge on any atom is -0.382 e. The molecule has 1 heterocycles. The van der Waals surface area contributed by atoms with Crippen LogP contribution < -0.4 is 0 Å². The first-order chi connectivity index (χ1) is 9.45. The highest BCUT2D eigenvalue weighted by Gasteiger charge is 2.23. The summed E-state index contributed by atoms with van der Waals surface area (Å²) >= 11 is 0. The number of hydrogen-bond acceptors (Lipinski definition) is 2. The van der Waals surface area contributed by atoms with Crippen molar-refractivity contribution in [1.82, 2.24) is 9.78 Å². The zero-order chi connectivity index (χ0) is 14.8. The lowest BCUT2D eigenvalue weighted by Crippen LogP contribution is -2.18. The van der Waals surface area contributed by atoms with Crippen LogP contribution in [0.3, 0.4) is 0 Å². The number of aliphatic hydroxyl groups excluding tert-OH is 1. The summed E-state index contributed by atoms with van der Waals surface area (Å²) in [4.78, 5) is 0. The fourth-order valence-corrected chi connectivity index (χ4v) is 2.55. The minimum absolute atomic E-state index is 0.00712. The summed E-state index contributed by atoms with van der Waals surface area (Å²) in [5.74, 6) is 0. The molecule has 3 nitrogen and oxygen atoms in total. The van der Waals surface area contributed by atoms with Crippen LogP contribution in [0.1, 0.15) is 57.0 Å². The topological polar surface area (TPSA) is 38.0 Å². The molecule has 0 aliphatic rings. The van der Waals surface area contributed by atoms with Gasteiger partial charge in [-0.15, -0.1) is 0 Å². The molecule has 0 aliphatic heterocycles. The van der Waals surface area contributed by atoms with Gasteiger partial charge in [0.25, 0.3) is 0 Å². The van der Waals surface area contributed by atoms with E-state index in [2.05, 4.69) is 38.9 Å². The maximum Gasteiger partial charge on any atom is 0.121 e. The molecule has 1 unspecified atom stereocenters. The third kappa shape index (κ3) is 2.93. The molecule has 0 aliphatic carbocycles. The average molecular weight is 272 g/mol. The van der Waals surface area contributed by atoms with Crippen molar-refractivity contribution in [3.63, 3.8) is 0 Å². The van der Waals surface area contributed by atoms with E-state index < -0.39 is 6.10 Å². The molecule has 2 rings (SSSR count). The van der Waals surface area contributed by atoms with Gasteiger partial charge in [-0.25, -0.2) is 0 Å². The van der Waals surface area contributed by atoms with Gasteiger partial charge in [-0.2, -0.15) is 5.10 Å². The molecule has 0 bridgehead atoms. The summed E-state index contributed by atoms with van der Waals surface area (Å²) in [6.07, 6.45) is 2.13. The van der Waals surface area contributed by atoms with Crippen LogP contribution in [0.2, 0.25) is 0 Å². The van der Waals surface area contributed by atoms with Crippen LogP contribution in [0.4, 0.5) is 0 Å². The molecule has 20 heavy (non-hydrogen) atoms. The van der Waals surface area contributed by atoms with Crippen molar-refractivity contribution in [3.8, 4) is 0 Å². The van der Waals surface area contributed by atoms with E-state index in [4.69, 9.17) is 0 Å². The second-order valence-electron chi connectivity index (χ2n) is 6.22. The molecular weight excluding hydrogens is 248 g/mol. The summed E-state index contributed by atoms with van der Waals surface area (Å²) in [6, 6.07) is 10.0. The summed E-state index contributed by atoms with van der Waals surface area (Å²) in [6.45, 7) is 9.45. The second-order valence-corrected chi connectivity index (χ2v) is 6.22. The van der Waals surface area contributed by atoms with Gasteiger partial charge in [0.05, 0.1) is 5.69 Å². The maximum atomic E-state index is 10.8. The lowest BCUT2D eigenvalue weighted by atomic mass is 9.82. The summed E-state index contributed by atoms with van der Waals surface area (Å²) in [7, 11) is 0. The van der Waals surface area contributed by atoms with E-state index in [-0.39, 0.29) is 5.41 Å². The van der Waals surface area contributed by atoms with Gasteiger partial charge < -0.3 is 5.11 Å². The van der Waals surface area contributed by atoms with Gasteiger partial charge in [-0.05, 0) is 29.0 Å². The molecule has 1 aromatic heterocycles. The fourth-order valence-electron chi connectivity index (χ4n) is 2.55. The fraction of sp³-hybridized carbons (Fsp3) is 0.471. The van der Waals surface area contributed by atoms with Gasteiger partial charge in [0, 0.05) is 12.7 Å². The Morgan fingerprint density at radius 2 is 1.90 bits per heavy atom. The summed E-state index contributed by atoms with van der Waals surface area (Å²) < 4.78 is 1.89. The number of rotatable bonds is 4. The van der Waals surface area contributed by atoms with Gasteiger partial charge >= 0.3 is 0 Å².